The summed E-state index contributed by atoms with van der Waals surface area (Å²) in [6.07, 6.45) is 2.60. The Bertz CT molecular complexity index is 1130. The first-order valence-electron chi connectivity index (χ1n) is 8.91. The number of methoxy groups -OCH3 is 1. The van der Waals surface area contributed by atoms with Gasteiger partial charge in [0.05, 0.1) is 25.6 Å². The summed E-state index contributed by atoms with van der Waals surface area (Å²) in [4.78, 5) is 16.7. The van der Waals surface area contributed by atoms with Gasteiger partial charge in [0.15, 0.2) is 5.82 Å². The van der Waals surface area contributed by atoms with Crippen molar-refractivity contribution in [2.75, 3.05) is 12.4 Å². The number of ether oxygens (including phenoxy) is 1. The lowest BCUT2D eigenvalue weighted by Gasteiger charge is -2.08. The number of hydrogen-bond donors (Lipinski definition) is 1. The highest BCUT2D eigenvalue weighted by Gasteiger charge is 2.15. The number of hydrogen-bond acceptors (Lipinski definition) is 5. The van der Waals surface area contributed by atoms with Gasteiger partial charge < -0.3 is 19.1 Å². The van der Waals surface area contributed by atoms with Gasteiger partial charge in [0.1, 0.15) is 5.75 Å². The molecule has 1 N–H and O–H groups in total. The Morgan fingerprint density at radius 2 is 1.96 bits per heavy atom. The lowest BCUT2D eigenvalue weighted by atomic mass is 10.1. The van der Waals surface area contributed by atoms with Gasteiger partial charge in [0.25, 0.3) is 0 Å². The van der Waals surface area contributed by atoms with Gasteiger partial charge in [-0.2, -0.15) is 4.98 Å². The van der Waals surface area contributed by atoms with Crippen molar-refractivity contribution in [2.45, 2.75) is 12.8 Å². The minimum Gasteiger partial charge on any atom is -0.495 e. The molecule has 7 heteroatoms. The largest absolute Gasteiger partial charge is 0.495 e. The molecule has 2 heterocycles. The first kappa shape index (κ1) is 17.8. The van der Waals surface area contributed by atoms with Gasteiger partial charge >= 0.3 is 0 Å². The standard InChI is InChI=1S/C21H20N4O3/c1-25-13-14(15-7-3-5-9-17(15)25)11-21-23-19(24-28-21)12-20(26)22-16-8-4-6-10-18(16)27-2/h3-10,13H,11-12H2,1-2H3,(H,22,26). The lowest BCUT2D eigenvalue weighted by Crippen LogP contribution is -2.15. The molecule has 28 heavy (non-hydrogen) atoms. The van der Waals surface area contributed by atoms with Crippen LogP contribution in [0.1, 0.15) is 17.3 Å². The van der Waals surface area contributed by atoms with Crippen molar-refractivity contribution in [3.63, 3.8) is 0 Å². The van der Waals surface area contributed by atoms with E-state index in [4.69, 9.17) is 9.26 Å². The molecule has 0 aliphatic rings. The molecule has 0 unspecified atom stereocenters. The minimum atomic E-state index is -0.234. The summed E-state index contributed by atoms with van der Waals surface area (Å²) < 4.78 is 12.7. The molecule has 2 aromatic heterocycles. The molecule has 0 atom stereocenters. The fourth-order valence-electron chi connectivity index (χ4n) is 3.25. The van der Waals surface area contributed by atoms with E-state index in [2.05, 4.69) is 38.4 Å². The number of para-hydroxylation sites is 3. The number of fused-ring (bicyclic) bond motifs is 1. The van der Waals surface area contributed by atoms with Crippen LogP contribution in [0.3, 0.4) is 0 Å². The van der Waals surface area contributed by atoms with Crippen LogP contribution in [0, 0.1) is 0 Å². The van der Waals surface area contributed by atoms with Crippen molar-refractivity contribution in [2.24, 2.45) is 7.05 Å². The Balaban J connectivity index is 1.45. The SMILES string of the molecule is COc1ccccc1NC(=O)Cc1noc(Cc2cn(C)c3ccccc23)n1. The Morgan fingerprint density at radius 1 is 1.18 bits per heavy atom. The topological polar surface area (TPSA) is 82.2 Å². The van der Waals surface area contributed by atoms with E-state index in [0.717, 1.165) is 16.5 Å². The maximum atomic E-state index is 12.3. The van der Waals surface area contributed by atoms with Crippen LogP contribution in [0.4, 0.5) is 5.69 Å². The second-order valence-corrected chi connectivity index (χ2v) is 6.49. The number of aryl methyl sites for hydroxylation is 1. The van der Waals surface area contributed by atoms with Crippen molar-refractivity contribution in [3.8, 4) is 5.75 Å². The van der Waals surface area contributed by atoms with E-state index in [9.17, 15) is 4.79 Å². The highest BCUT2D eigenvalue weighted by atomic mass is 16.5. The van der Waals surface area contributed by atoms with Crippen molar-refractivity contribution in [1.29, 1.82) is 0 Å². The van der Waals surface area contributed by atoms with Crippen molar-refractivity contribution in [3.05, 3.63) is 72.0 Å². The Kier molecular flexibility index (Phi) is 4.80. The summed E-state index contributed by atoms with van der Waals surface area (Å²) in [6.45, 7) is 0. The van der Waals surface area contributed by atoms with Crippen LogP contribution in [-0.2, 0) is 24.7 Å². The molecule has 0 bridgehead atoms. The van der Waals surface area contributed by atoms with Gasteiger partial charge in [-0.15, -0.1) is 0 Å². The van der Waals surface area contributed by atoms with E-state index in [1.165, 1.54) is 0 Å². The molecule has 0 radical (unpaired) electrons. The number of nitrogens with zero attached hydrogens (tertiary/aromatic N) is 3. The molecule has 2 aromatic carbocycles. The quantitative estimate of drug-likeness (QED) is 0.558. The van der Waals surface area contributed by atoms with Crippen LogP contribution in [0.15, 0.2) is 59.3 Å². The summed E-state index contributed by atoms with van der Waals surface area (Å²) >= 11 is 0. The summed E-state index contributed by atoms with van der Waals surface area (Å²) in [5.41, 5.74) is 2.86. The highest BCUT2D eigenvalue weighted by Crippen LogP contribution is 2.24. The number of amides is 1. The number of carbonyl (C=O) groups excluding carboxylic acids is 1. The molecular formula is C21H20N4O3. The van der Waals surface area contributed by atoms with Crippen LogP contribution >= 0.6 is 0 Å². The third-order valence-corrected chi connectivity index (χ3v) is 4.53. The average Bonchev–Trinajstić information content (AvgIpc) is 3.27. The monoisotopic (exact) mass is 376 g/mol. The Morgan fingerprint density at radius 3 is 2.82 bits per heavy atom. The number of nitrogens with one attached hydrogen (secondary N) is 1. The second kappa shape index (κ2) is 7.56. The minimum absolute atomic E-state index is 0.0249. The number of aromatic nitrogens is 3. The third kappa shape index (κ3) is 3.59. The number of rotatable bonds is 6. The predicted octanol–water partition coefficient (Wildman–Crippen LogP) is 3.34. The molecule has 0 saturated heterocycles. The van der Waals surface area contributed by atoms with Gasteiger partial charge in [0.2, 0.25) is 11.8 Å². The van der Waals surface area contributed by atoms with Crippen molar-refractivity contribution < 1.29 is 14.1 Å². The van der Waals surface area contributed by atoms with Gasteiger partial charge in [-0.1, -0.05) is 35.5 Å². The van der Waals surface area contributed by atoms with E-state index in [1.807, 2.05) is 31.3 Å². The van der Waals surface area contributed by atoms with Gasteiger partial charge in [0, 0.05) is 24.1 Å². The maximum absolute atomic E-state index is 12.3. The summed E-state index contributed by atoms with van der Waals surface area (Å²) in [5.74, 6) is 1.20. The molecule has 0 spiro atoms. The van der Waals surface area contributed by atoms with Crippen LogP contribution in [0.5, 0.6) is 5.75 Å². The average molecular weight is 376 g/mol. The van der Waals surface area contributed by atoms with Crippen molar-refractivity contribution >= 4 is 22.5 Å². The maximum Gasteiger partial charge on any atom is 0.232 e. The molecule has 4 rings (SSSR count). The van der Waals surface area contributed by atoms with Gasteiger partial charge in [-0.05, 0) is 23.8 Å². The Hall–Kier alpha value is -3.61. The zero-order chi connectivity index (χ0) is 19.5. The van der Waals surface area contributed by atoms with Gasteiger partial charge in [-0.3, -0.25) is 4.79 Å². The molecular weight excluding hydrogens is 356 g/mol. The van der Waals surface area contributed by atoms with E-state index in [1.54, 1.807) is 19.2 Å². The summed E-state index contributed by atoms with van der Waals surface area (Å²) in [6, 6.07) is 15.4. The fourth-order valence-corrected chi connectivity index (χ4v) is 3.25. The van der Waals surface area contributed by atoms with Gasteiger partial charge in [-0.25, -0.2) is 0 Å². The molecule has 1 amide bonds. The van der Waals surface area contributed by atoms with Crippen LogP contribution < -0.4 is 10.1 Å². The normalized spacial score (nSPS) is 10.9. The molecule has 0 aliphatic heterocycles. The summed E-state index contributed by atoms with van der Waals surface area (Å²) in [7, 11) is 3.57. The van der Waals surface area contributed by atoms with E-state index in [-0.39, 0.29) is 12.3 Å². The molecule has 4 aromatic rings. The highest BCUT2D eigenvalue weighted by molar-refractivity contribution is 5.93. The van der Waals surface area contributed by atoms with Crippen molar-refractivity contribution in [1.82, 2.24) is 14.7 Å². The first-order chi connectivity index (χ1) is 13.6. The number of carbonyl (C=O) groups is 1. The van der Waals surface area contributed by atoms with Crippen LogP contribution in [0.2, 0.25) is 0 Å². The lowest BCUT2D eigenvalue weighted by molar-refractivity contribution is -0.115. The van der Waals surface area contributed by atoms with E-state index in [0.29, 0.717) is 29.6 Å². The molecule has 7 nitrogen and oxygen atoms in total. The summed E-state index contributed by atoms with van der Waals surface area (Å²) in [5, 5.41) is 7.90. The van der Waals surface area contributed by atoms with Crippen LogP contribution in [0.25, 0.3) is 10.9 Å². The zero-order valence-electron chi connectivity index (χ0n) is 15.7. The smallest absolute Gasteiger partial charge is 0.232 e. The molecule has 0 saturated carbocycles. The fraction of sp³-hybridized carbons (Fsp3) is 0.190. The number of benzene rings is 2. The number of anilines is 1. The molecule has 142 valence electrons. The third-order valence-electron chi connectivity index (χ3n) is 4.53. The predicted molar refractivity (Wildman–Crippen MR) is 105 cm³/mol. The zero-order valence-corrected chi connectivity index (χ0v) is 15.7. The molecule has 0 aliphatic carbocycles. The Labute approximate surface area is 161 Å². The van der Waals surface area contributed by atoms with E-state index < -0.39 is 0 Å². The first-order valence-corrected chi connectivity index (χ1v) is 8.91. The van der Waals surface area contributed by atoms with E-state index >= 15 is 0 Å². The second-order valence-electron chi connectivity index (χ2n) is 6.49. The molecule has 0 fully saturated rings. The van der Waals surface area contributed by atoms with Crippen LogP contribution in [-0.4, -0.2) is 27.7 Å².